The number of piperidine rings is 1. The zero-order valence-electron chi connectivity index (χ0n) is 13.3. The van der Waals surface area contributed by atoms with E-state index in [-0.39, 0.29) is 23.5 Å². The summed E-state index contributed by atoms with van der Waals surface area (Å²) in [6, 6.07) is 8.80. The van der Waals surface area contributed by atoms with Crippen molar-refractivity contribution in [1.29, 1.82) is 0 Å². The molecule has 0 aliphatic carbocycles. The van der Waals surface area contributed by atoms with Crippen molar-refractivity contribution in [3.63, 3.8) is 0 Å². The molecule has 1 aliphatic heterocycles. The van der Waals surface area contributed by atoms with E-state index < -0.39 is 0 Å². The minimum Gasteiger partial charge on any atom is -0.359 e. The van der Waals surface area contributed by atoms with Gasteiger partial charge in [-0.25, -0.2) is 0 Å². The lowest BCUT2D eigenvalue weighted by molar-refractivity contribution is -0.125. The summed E-state index contributed by atoms with van der Waals surface area (Å²) >= 11 is 5.97. The maximum Gasteiger partial charge on any atom is 0.292 e. The van der Waals surface area contributed by atoms with Crippen molar-refractivity contribution < 1.29 is 14.1 Å². The summed E-state index contributed by atoms with van der Waals surface area (Å²) in [5.41, 5.74) is 1.34. The van der Waals surface area contributed by atoms with Crippen molar-refractivity contribution >= 4 is 23.4 Å². The molecule has 2 aromatic rings. The second kappa shape index (κ2) is 7.05. The van der Waals surface area contributed by atoms with Crippen LogP contribution in [0, 0.1) is 5.92 Å². The molecule has 1 aromatic carbocycles. The van der Waals surface area contributed by atoms with Crippen LogP contribution in [0.15, 0.2) is 34.9 Å². The number of likely N-dealkylation sites (tertiary alicyclic amines) is 1. The number of halogens is 1. The van der Waals surface area contributed by atoms with Crippen LogP contribution in [0.2, 0.25) is 5.02 Å². The van der Waals surface area contributed by atoms with Crippen LogP contribution in [0.25, 0.3) is 11.3 Å². The lowest BCUT2D eigenvalue weighted by Gasteiger charge is -2.31. The summed E-state index contributed by atoms with van der Waals surface area (Å²) in [7, 11) is 1.61. The van der Waals surface area contributed by atoms with Gasteiger partial charge < -0.3 is 14.7 Å². The first-order valence-corrected chi connectivity index (χ1v) is 8.20. The Morgan fingerprint density at radius 1 is 1.38 bits per heavy atom. The van der Waals surface area contributed by atoms with E-state index in [1.54, 1.807) is 30.1 Å². The zero-order valence-corrected chi connectivity index (χ0v) is 14.0. The molecule has 3 rings (SSSR count). The highest BCUT2D eigenvalue weighted by Gasteiger charge is 2.30. The van der Waals surface area contributed by atoms with Crippen LogP contribution in [-0.2, 0) is 4.79 Å². The van der Waals surface area contributed by atoms with Gasteiger partial charge in [-0.15, -0.1) is 0 Å². The molecule has 0 spiro atoms. The highest BCUT2D eigenvalue weighted by Crippen LogP contribution is 2.24. The minimum atomic E-state index is -0.246. The average Bonchev–Trinajstić information content (AvgIpc) is 3.10. The predicted octanol–water partition coefficient (Wildman–Crippen LogP) is 2.59. The predicted molar refractivity (Wildman–Crippen MR) is 89.6 cm³/mol. The van der Waals surface area contributed by atoms with Crippen molar-refractivity contribution in [3.8, 4) is 11.3 Å². The number of carbonyl (C=O) groups is 2. The molecule has 1 N–H and O–H groups in total. The van der Waals surface area contributed by atoms with E-state index in [9.17, 15) is 9.59 Å². The molecular weight excluding hydrogens is 330 g/mol. The Labute approximate surface area is 144 Å². The fraction of sp³-hybridized carbons (Fsp3) is 0.353. The molecule has 1 aliphatic rings. The van der Waals surface area contributed by atoms with Crippen molar-refractivity contribution in [2.75, 3.05) is 20.1 Å². The summed E-state index contributed by atoms with van der Waals surface area (Å²) in [6.07, 6.45) is 1.58. The van der Waals surface area contributed by atoms with Gasteiger partial charge in [0.25, 0.3) is 5.91 Å². The van der Waals surface area contributed by atoms with Crippen LogP contribution in [0.3, 0.4) is 0 Å². The number of aromatic nitrogens is 1. The Morgan fingerprint density at radius 3 is 2.96 bits per heavy atom. The standard InChI is InChI=1S/C17H18ClN3O3/c1-19-16(22)12-5-3-7-21(10-12)17(23)15-9-14(20-24-15)11-4-2-6-13(18)8-11/h2,4,6,8-9,12H,3,5,7,10H2,1H3,(H,19,22). The lowest BCUT2D eigenvalue weighted by atomic mass is 9.97. The first-order valence-electron chi connectivity index (χ1n) is 7.82. The second-order valence-electron chi connectivity index (χ2n) is 5.79. The summed E-state index contributed by atoms with van der Waals surface area (Å²) in [5, 5.41) is 7.18. The number of amides is 2. The largest absolute Gasteiger partial charge is 0.359 e. The van der Waals surface area contributed by atoms with Gasteiger partial charge >= 0.3 is 0 Å². The number of rotatable bonds is 3. The molecular formula is C17H18ClN3O3. The third-order valence-electron chi connectivity index (χ3n) is 4.17. The SMILES string of the molecule is CNC(=O)C1CCCN(C(=O)c2cc(-c3cccc(Cl)c3)no2)C1. The molecule has 1 aromatic heterocycles. The smallest absolute Gasteiger partial charge is 0.292 e. The topological polar surface area (TPSA) is 75.4 Å². The minimum absolute atomic E-state index is 0.0373. The Bertz CT molecular complexity index is 759. The van der Waals surface area contributed by atoms with Crippen LogP contribution >= 0.6 is 11.6 Å². The van der Waals surface area contributed by atoms with Gasteiger partial charge in [0.05, 0.1) is 5.92 Å². The highest BCUT2D eigenvalue weighted by molar-refractivity contribution is 6.30. The number of hydrogen-bond donors (Lipinski definition) is 1. The van der Waals surface area contributed by atoms with Crippen LogP contribution in [0.4, 0.5) is 0 Å². The summed E-state index contributed by atoms with van der Waals surface area (Å²) < 4.78 is 5.21. The van der Waals surface area contributed by atoms with Gasteiger partial charge in [0.2, 0.25) is 11.7 Å². The molecule has 0 radical (unpaired) electrons. The Morgan fingerprint density at radius 2 is 2.21 bits per heavy atom. The zero-order chi connectivity index (χ0) is 17.1. The normalized spacial score (nSPS) is 17.6. The van der Waals surface area contributed by atoms with Gasteiger partial charge in [-0.05, 0) is 25.0 Å². The van der Waals surface area contributed by atoms with E-state index in [1.807, 2.05) is 12.1 Å². The first-order chi connectivity index (χ1) is 11.6. The van der Waals surface area contributed by atoms with Gasteiger partial charge in [0.15, 0.2) is 0 Å². The first kappa shape index (κ1) is 16.5. The van der Waals surface area contributed by atoms with Crippen LogP contribution < -0.4 is 5.32 Å². The number of hydrogen-bond acceptors (Lipinski definition) is 4. The molecule has 1 saturated heterocycles. The fourth-order valence-corrected chi connectivity index (χ4v) is 3.09. The van der Waals surface area contributed by atoms with Crippen molar-refractivity contribution in [2.24, 2.45) is 5.92 Å². The van der Waals surface area contributed by atoms with Gasteiger partial charge in [-0.1, -0.05) is 28.9 Å². The van der Waals surface area contributed by atoms with Gasteiger partial charge in [0.1, 0.15) is 5.69 Å². The summed E-state index contributed by atoms with van der Waals surface area (Å²) in [4.78, 5) is 26.0. The van der Waals surface area contributed by atoms with Gasteiger partial charge in [0, 0.05) is 36.8 Å². The molecule has 6 nitrogen and oxygen atoms in total. The van der Waals surface area contributed by atoms with Gasteiger partial charge in [-0.3, -0.25) is 9.59 Å². The highest BCUT2D eigenvalue weighted by atomic mass is 35.5. The molecule has 1 fully saturated rings. The number of nitrogens with one attached hydrogen (secondary N) is 1. The molecule has 24 heavy (non-hydrogen) atoms. The summed E-state index contributed by atoms with van der Waals surface area (Å²) in [5.74, 6) is -0.292. The van der Waals surface area contributed by atoms with E-state index in [1.165, 1.54) is 0 Å². The molecule has 0 bridgehead atoms. The number of benzene rings is 1. The maximum absolute atomic E-state index is 12.6. The summed E-state index contributed by atoms with van der Waals surface area (Å²) in [6.45, 7) is 1.01. The molecule has 126 valence electrons. The third kappa shape index (κ3) is 3.43. The maximum atomic E-state index is 12.6. The Balaban J connectivity index is 1.75. The lowest BCUT2D eigenvalue weighted by Crippen LogP contribution is -2.44. The van der Waals surface area contributed by atoms with E-state index in [0.29, 0.717) is 23.8 Å². The van der Waals surface area contributed by atoms with Crippen LogP contribution in [-0.4, -0.2) is 42.0 Å². The van der Waals surface area contributed by atoms with Crippen molar-refractivity contribution in [1.82, 2.24) is 15.4 Å². The molecule has 1 unspecified atom stereocenters. The third-order valence-corrected chi connectivity index (χ3v) is 4.40. The van der Waals surface area contributed by atoms with Crippen molar-refractivity contribution in [2.45, 2.75) is 12.8 Å². The number of nitrogens with zero attached hydrogens (tertiary/aromatic N) is 2. The molecule has 2 heterocycles. The van der Waals surface area contributed by atoms with Crippen LogP contribution in [0.5, 0.6) is 0 Å². The number of carbonyl (C=O) groups excluding carboxylic acids is 2. The Kier molecular flexibility index (Phi) is 4.85. The van der Waals surface area contributed by atoms with Gasteiger partial charge in [-0.2, -0.15) is 0 Å². The van der Waals surface area contributed by atoms with E-state index in [0.717, 1.165) is 18.4 Å². The Hall–Kier alpha value is -2.34. The molecule has 0 saturated carbocycles. The molecule has 1 atom stereocenters. The van der Waals surface area contributed by atoms with E-state index >= 15 is 0 Å². The van der Waals surface area contributed by atoms with Crippen molar-refractivity contribution in [3.05, 3.63) is 41.1 Å². The van der Waals surface area contributed by atoms with E-state index in [2.05, 4.69) is 10.5 Å². The average molecular weight is 348 g/mol. The molecule has 2 amide bonds. The molecule has 7 heteroatoms. The van der Waals surface area contributed by atoms with E-state index in [4.69, 9.17) is 16.1 Å². The van der Waals surface area contributed by atoms with Crippen LogP contribution in [0.1, 0.15) is 23.4 Å². The monoisotopic (exact) mass is 347 g/mol. The second-order valence-corrected chi connectivity index (χ2v) is 6.23. The quantitative estimate of drug-likeness (QED) is 0.926. The fourth-order valence-electron chi connectivity index (χ4n) is 2.90.